The Balaban J connectivity index is 1.55. The van der Waals surface area contributed by atoms with Crippen molar-refractivity contribution in [1.29, 1.82) is 0 Å². The third-order valence-electron chi connectivity index (χ3n) is 6.39. The van der Waals surface area contributed by atoms with Gasteiger partial charge in [0.25, 0.3) is 17.6 Å². The van der Waals surface area contributed by atoms with Gasteiger partial charge in [0.15, 0.2) is 0 Å². The SMILES string of the molecule is CN(C)C(=O)C(=O)c1cn(C)c2cc(Cl)c(C(=O)N3CCC(O)(Cc4ccc(F)cc4)CC3)nc12. The standard InChI is InChI=1S/C25H26ClFN4O4/c1-29(2)24(34)22(32)17-14-30(3)19-12-18(26)21(28-20(17)19)23(33)31-10-8-25(35,9-11-31)13-15-4-6-16(27)7-5-15/h4-7,12,14,35H,8-11,13H2,1-3H3. The highest BCUT2D eigenvalue weighted by molar-refractivity contribution is 6.44. The minimum atomic E-state index is -1.01. The first-order chi connectivity index (χ1) is 16.5. The molecule has 0 bridgehead atoms. The molecule has 0 unspecified atom stereocenters. The molecular weight excluding hydrogens is 475 g/mol. The molecule has 3 heterocycles. The van der Waals surface area contributed by atoms with E-state index in [9.17, 15) is 23.9 Å². The number of ketones is 1. The first-order valence-corrected chi connectivity index (χ1v) is 11.5. The van der Waals surface area contributed by atoms with E-state index in [0.29, 0.717) is 24.8 Å². The summed E-state index contributed by atoms with van der Waals surface area (Å²) in [6, 6.07) is 7.56. The molecule has 0 aliphatic carbocycles. The summed E-state index contributed by atoms with van der Waals surface area (Å²) in [6.07, 6.45) is 2.53. The van der Waals surface area contributed by atoms with Gasteiger partial charge in [-0.1, -0.05) is 23.7 Å². The number of rotatable bonds is 5. The second-order valence-corrected chi connectivity index (χ2v) is 9.60. The molecule has 1 aliphatic rings. The van der Waals surface area contributed by atoms with Crippen molar-refractivity contribution in [2.45, 2.75) is 24.9 Å². The molecule has 1 aromatic carbocycles. The van der Waals surface area contributed by atoms with Crippen LogP contribution in [0.2, 0.25) is 5.02 Å². The Morgan fingerprint density at radius 1 is 1.17 bits per heavy atom. The van der Waals surface area contributed by atoms with Crippen molar-refractivity contribution in [2.75, 3.05) is 27.2 Å². The lowest BCUT2D eigenvalue weighted by molar-refractivity contribution is -0.124. The molecule has 184 valence electrons. The average molecular weight is 501 g/mol. The summed E-state index contributed by atoms with van der Waals surface area (Å²) >= 11 is 6.40. The van der Waals surface area contributed by atoms with Crippen LogP contribution in [0.5, 0.6) is 0 Å². The number of benzene rings is 1. The van der Waals surface area contributed by atoms with Gasteiger partial charge in [-0.25, -0.2) is 9.37 Å². The van der Waals surface area contributed by atoms with Gasteiger partial charge in [-0.2, -0.15) is 0 Å². The van der Waals surface area contributed by atoms with Gasteiger partial charge in [0.05, 0.1) is 21.7 Å². The summed E-state index contributed by atoms with van der Waals surface area (Å²) in [5, 5.41) is 11.1. The summed E-state index contributed by atoms with van der Waals surface area (Å²) in [4.78, 5) is 45.4. The minimum Gasteiger partial charge on any atom is -0.389 e. The molecule has 4 rings (SSSR count). The van der Waals surface area contributed by atoms with E-state index < -0.39 is 23.2 Å². The molecule has 0 saturated carbocycles. The number of carbonyl (C=O) groups excluding carboxylic acids is 3. The Labute approximate surface area is 206 Å². The molecule has 1 fully saturated rings. The van der Waals surface area contributed by atoms with Crippen LogP contribution in [0.4, 0.5) is 4.39 Å². The topological polar surface area (TPSA) is 95.7 Å². The number of carbonyl (C=O) groups is 3. The second kappa shape index (κ2) is 9.39. The highest BCUT2D eigenvalue weighted by Crippen LogP contribution is 2.30. The summed E-state index contributed by atoms with van der Waals surface area (Å²) in [6.45, 7) is 0.568. The van der Waals surface area contributed by atoms with Crippen molar-refractivity contribution in [2.24, 2.45) is 7.05 Å². The van der Waals surface area contributed by atoms with E-state index in [1.54, 1.807) is 34.7 Å². The maximum atomic E-state index is 13.3. The van der Waals surface area contributed by atoms with Crippen LogP contribution >= 0.6 is 11.6 Å². The van der Waals surface area contributed by atoms with Crippen LogP contribution in [0.1, 0.15) is 39.3 Å². The van der Waals surface area contributed by atoms with Crippen molar-refractivity contribution in [1.82, 2.24) is 19.4 Å². The van der Waals surface area contributed by atoms with Crippen molar-refractivity contribution in [3.05, 3.63) is 64.2 Å². The number of aryl methyl sites for hydroxylation is 1. The Morgan fingerprint density at radius 3 is 2.40 bits per heavy atom. The molecular formula is C25H26ClFN4O4. The van der Waals surface area contributed by atoms with E-state index in [0.717, 1.165) is 5.56 Å². The largest absolute Gasteiger partial charge is 0.389 e. The number of hydrogen-bond donors (Lipinski definition) is 1. The molecule has 1 aliphatic heterocycles. The summed E-state index contributed by atoms with van der Waals surface area (Å²) < 4.78 is 14.8. The van der Waals surface area contributed by atoms with Crippen molar-refractivity contribution in [3.63, 3.8) is 0 Å². The molecule has 0 atom stereocenters. The number of halogens is 2. The number of hydrogen-bond acceptors (Lipinski definition) is 5. The Kier molecular flexibility index (Phi) is 6.66. The van der Waals surface area contributed by atoms with Gasteiger partial charge in [-0.05, 0) is 36.6 Å². The number of likely N-dealkylation sites (N-methyl/N-ethyl adjacent to an activating group) is 1. The van der Waals surface area contributed by atoms with E-state index in [1.807, 2.05) is 0 Å². The van der Waals surface area contributed by atoms with Gasteiger partial charge in [-0.15, -0.1) is 0 Å². The predicted molar refractivity (Wildman–Crippen MR) is 129 cm³/mol. The van der Waals surface area contributed by atoms with Gasteiger partial charge in [-0.3, -0.25) is 14.4 Å². The number of Topliss-reactive ketones (excluding diaryl/α,β-unsaturated/α-hetero) is 1. The lowest BCUT2D eigenvalue weighted by Crippen LogP contribution is -2.48. The fraction of sp³-hybridized carbons (Fsp3) is 0.360. The van der Waals surface area contributed by atoms with Crippen LogP contribution in [0.3, 0.4) is 0 Å². The maximum absolute atomic E-state index is 13.3. The van der Waals surface area contributed by atoms with Gasteiger partial charge < -0.3 is 19.5 Å². The number of likely N-dealkylation sites (tertiary alicyclic amines) is 1. The lowest BCUT2D eigenvalue weighted by atomic mass is 9.85. The first kappa shape index (κ1) is 24.8. The minimum absolute atomic E-state index is 0.0132. The number of nitrogens with zero attached hydrogens (tertiary/aromatic N) is 4. The van der Waals surface area contributed by atoms with Gasteiger partial charge in [0.2, 0.25) is 0 Å². The Morgan fingerprint density at radius 2 is 1.80 bits per heavy atom. The van der Waals surface area contributed by atoms with Crippen LogP contribution < -0.4 is 0 Å². The zero-order valence-corrected chi connectivity index (χ0v) is 20.5. The molecule has 1 N–H and O–H groups in total. The van der Waals surface area contributed by atoms with E-state index in [2.05, 4.69) is 4.98 Å². The average Bonchev–Trinajstić information content (AvgIpc) is 3.14. The highest BCUT2D eigenvalue weighted by Gasteiger charge is 2.35. The monoisotopic (exact) mass is 500 g/mol. The summed E-state index contributed by atoms with van der Waals surface area (Å²) in [5.74, 6) is -2.17. The first-order valence-electron chi connectivity index (χ1n) is 11.2. The molecule has 35 heavy (non-hydrogen) atoms. The number of aliphatic hydroxyl groups is 1. The molecule has 0 spiro atoms. The third kappa shape index (κ3) is 4.92. The Bertz CT molecular complexity index is 1310. The quantitative estimate of drug-likeness (QED) is 0.429. The number of pyridine rings is 1. The second-order valence-electron chi connectivity index (χ2n) is 9.19. The predicted octanol–water partition coefficient (Wildman–Crippen LogP) is 2.85. The van der Waals surface area contributed by atoms with Crippen LogP contribution in [0.15, 0.2) is 36.5 Å². The smallest absolute Gasteiger partial charge is 0.294 e. The normalized spacial score (nSPS) is 15.3. The molecule has 2 aromatic heterocycles. The summed E-state index contributed by atoms with van der Waals surface area (Å²) in [7, 11) is 4.67. The molecule has 10 heteroatoms. The van der Waals surface area contributed by atoms with E-state index >= 15 is 0 Å². The maximum Gasteiger partial charge on any atom is 0.294 e. The molecule has 1 saturated heterocycles. The fourth-order valence-electron chi connectivity index (χ4n) is 4.34. The van der Waals surface area contributed by atoms with Crippen molar-refractivity contribution >= 4 is 40.2 Å². The van der Waals surface area contributed by atoms with Crippen LogP contribution in [-0.4, -0.2) is 74.8 Å². The zero-order chi connectivity index (χ0) is 25.5. The van der Waals surface area contributed by atoms with E-state index in [1.165, 1.54) is 37.3 Å². The molecule has 3 aromatic rings. The van der Waals surface area contributed by atoms with Gasteiger partial charge in [0, 0.05) is 46.9 Å². The fourth-order valence-corrected chi connectivity index (χ4v) is 4.57. The van der Waals surface area contributed by atoms with E-state index in [-0.39, 0.29) is 40.7 Å². The zero-order valence-electron chi connectivity index (χ0n) is 19.7. The number of fused-ring (bicyclic) bond motifs is 1. The summed E-state index contributed by atoms with van der Waals surface area (Å²) in [5.41, 5.74) is 0.637. The van der Waals surface area contributed by atoms with Crippen LogP contribution in [-0.2, 0) is 18.3 Å². The van der Waals surface area contributed by atoms with Gasteiger partial charge >= 0.3 is 0 Å². The number of aromatic nitrogens is 2. The molecule has 2 amide bonds. The molecule has 8 nitrogen and oxygen atoms in total. The molecule has 0 radical (unpaired) electrons. The van der Waals surface area contributed by atoms with Crippen LogP contribution in [0.25, 0.3) is 11.0 Å². The van der Waals surface area contributed by atoms with Gasteiger partial charge in [0.1, 0.15) is 17.0 Å². The lowest BCUT2D eigenvalue weighted by Gasteiger charge is -2.38. The number of piperidine rings is 1. The third-order valence-corrected chi connectivity index (χ3v) is 6.68. The number of amides is 2. The van der Waals surface area contributed by atoms with E-state index in [4.69, 9.17) is 11.6 Å². The van der Waals surface area contributed by atoms with Crippen LogP contribution in [0, 0.1) is 5.82 Å². The highest BCUT2D eigenvalue weighted by atomic mass is 35.5. The Hall–Kier alpha value is -3.30. The van der Waals surface area contributed by atoms with Crippen molar-refractivity contribution in [3.8, 4) is 0 Å². The van der Waals surface area contributed by atoms with Crippen molar-refractivity contribution < 1.29 is 23.9 Å².